The third-order valence-corrected chi connectivity index (χ3v) is 5.04. The van der Waals surface area contributed by atoms with Crippen molar-refractivity contribution >= 4 is 5.91 Å². The first-order valence-electron chi connectivity index (χ1n) is 6.96. The summed E-state index contributed by atoms with van der Waals surface area (Å²) in [5.74, 6) is 0.395. The van der Waals surface area contributed by atoms with Crippen LogP contribution in [0.3, 0.4) is 0 Å². The van der Waals surface area contributed by atoms with Gasteiger partial charge in [-0.3, -0.25) is 4.79 Å². The highest BCUT2D eigenvalue weighted by Gasteiger charge is 2.46. The lowest BCUT2D eigenvalue weighted by Crippen LogP contribution is -2.57. The Labute approximate surface area is 105 Å². The first-order valence-corrected chi connectivity index (χ1v) is 6.96. The van der Waals surface area contributed by atoms with Gasteiger partial charge in [-0.2, -0.15) is 0 Å². The van der Waals surface area contributed by atoms with Crippen molar-refractivity contribution < 1.29 is 4.79 Å². The van der Waals surface area contributed by atoms with Gasteiger partial charge in [0.05, 0.1) is 0 Å². The van der Waals surface area contributed by atoms with Crippen molar-refractivity contribution in [2.75, 3.05) is 13.1 Å². The molecule has 17 heavy (non-hydrogen) atoms. The summed E-state index contributed by atoms with van der Waals surface area (Å²) >= 11 is 0. The highest BCUT2D eigenvalue weighted by molar-refractivity contribution is 5.83. The Morgan fingerprint density at radius 3 is 2.47 bits per heavy atom. The second-order valence-corrected chi connectivity index (χ2v) is 6.60. The van der Waals surface area contributed by atoms with E-state index in [-0.39, 0.29) is 16.9 Å². The maximum Gasteiger partial charge on any atom is 0.228 e. The van der Waals surface area contributed by atoms with E-state index in [1.54, 1.807) is 0 Å². The molecule has 0 bridgehead atoms. The van der Waals surface area contributed by atoms with Crippen molar-refractivity contribution in [1.29, 1.82) is 0 Å². The Kier molecular flexibility index (Phi) is 3.23. The van der Waals surface area contributed by atoms with Gasteiger partial charge in [-0.05, 0) is 31.1 Å². The third kappa shape index (κ3) is 2.10. The molecule has 98 valence electrons. The number of piperidine rings is 1. The summed E-state index contributed by atoms with van der Waals surface area (Å²) in [4.78, 5) is 14.7. The third-order valence-electron chi connectivity index (χ3n) is 5.04. The van der Waals surface area contributed by atoms with Crippen molar-refractivity contribution in [2.45, 2.75) is 58.9 Å². The van der Waals surface area contributed by atoms with Crippen molar-refractivity contribution in [3.8, 4) is 0 Å². The van der Waals surface area contributed by atoms with E-state index in [0.29, 0.717) is 5.91 Å². The summed E-state index contributed by atoms with van der Waals surface area (Å²) in [6.45, 7) is 8.19. The molecule has 0 aromatic rings. The maximum absolute atomic E-state index is 12.6. The molecular weight excluding hydrogens is 212 g/mol. The molecular formula is C14H26N2O. The molecule has 3 nitrogen and oxygen atoms in total. The van der Waals surface area contributed by atoms with Gasteiger partial charge in [-0.15, -0.1) is 0 Å². The standard InChI is InChI=1S/C14H26N2O/c1-4-14(7-5-8-14)12(17)16-9-6-11(15)13(2,3)10-16/h11H,4-10,15H2,1-3H3. The van der Waals surface area contributed by atoms with Crippen molar-refractivity contribution in [2.24, 2.45) is 16.6 Å². The fraction of sp³-hybridized carbons (Fsp3) is 0.929. The van der Waals surface area contributed by atoms with Crippen LogP contribution in [-0.4, -0.2) is 29.9 Å². The number of nitrogens with zero attached hydrogens (tertiary/aromatic N) is 1. The second kappa shape index (κ2) is 4.27. The summed E-state index contributed by atoms with van der Waals surface area (Å²) in [5.41, 5.74) is 6.17. The number of likely N-dealkylation sites (tertiary alicyclic amines) is 1. The highest BCUT2D eigenvalue weighted by Crippen LogP contribution is 2.46. The Morgan fingerprint density at radius 1 is 1.41 bits per heavy atom. The Hall–Kier alpha value is -0.570. The van der Waals surface area contributed by atoms with Crippen LogP contribution < -0.4 is 5.73 Å². The van der Waals surface area contributed by atoms with E-state index in [1.807, 2.05) is 0 Å². The van der Waals surface area contributed by atoms with Crippen molar-refractivity contribution in [3.63, 3.8) is 0 Å². The number of carbonyl (C=O) groups is 1. The SMILES string of the molecule is CCC1(C(=O)N2CCC(N)C(C)(C)C2)CCC1. The number of rotatable bonds is 2. The van der Waals surface area contributed by atoms with Gasteiger partial charge in [-0.25, -0.2) is 0 Å². The molecule has 1 amide bonds. The summed E-state index contributed by atoms with van der Waals surface area (Å²) in [7, 11) is 0. The molecule has 2 aliphatic rings. The molecule has 0 aromatic carbocycles. The summed E-state index contributed by atoms with van der Waals surface area (Å²) in [5, 5.41) is 0. The van der Waals surface area contributed by atoms with Gasteiger partial charge in [0.25, 0.3) is 0 Å². The van der Waals surface area contributed by atoms with E-state index in [1.165, 1.54) is 6.42 Å². The van der Waals surface area contributed by atoms with Crippen LogP contribution in [0.5, 0.6) is 0 Å². The average molecular weight is 238 g/mol. The van der Waals surface area contributed by atoms with Crippen molar-refractivity contribution in [3.05, 3.63) is 0 Å². The minimum Gasteiger partial charge on any atom is -0.342 e. The Morgan fingerprint density at radius 2 is 2.06 bits per heavy atom. The van der Waals surface area contributed by atoms with Crippen LogP contribution in [0.4, 0.5) is 0 Å². The molecule has 2 fully saturated rings. The summed E-state index contributed by atoms with van der Waals surface area (Å²) in [6, 6.07) is 0.227. The van der Waals surface area contributed by atoms with E-state index in [0.717, 1.165) is 38.8 Å². The van der Waals surface area contributed by atoms with Gasteiger partial charge < -0.3 is 10.6 Å². The number of carbonyl (C=O) groups excluding carboxylic acids is 1. The molecule has 1 atom stereocenters. The Balaban J connectivity index is 2.06. The van der Waals surface area contributed by atoms with Crippen molar-refractivity contribution in [1.82, 2.24) is 4.90 Å². The molecule has 1 unspecified atom stereocenters. The predicted octanol–water partition coefficient (Wildman–Crippen LogP) is 2.15. The first kappa shape index (κ1) is 12.9. The molecule has 3 heteroatoms. The van der Waals surface area contributed by atoms with Crippen LogP contribution in [0.2, 0.25) is 0 Å². The minimum absolute atomic E-state index is 0.0164. The van der Waals surface area contributed by atoms with Crippen LogP contribution in [-0.2, 0) is 4.79 Å². The molecule has 1 aliphatic heterocycles. The fourth-order valence-electron chi connectivity index (χ4n) is 3.20. The number of hydrogen-bond donors (Lipinski definition) is 1. The van der Waals surface area contributed by atoms with Crippen LogP contribution in [0.15, 0.2) is 0 Å². The summed E-state index contributed by atoms with van der Waals surface area (Å²) < 4.78 is 0. The van der Waals surface area contributed by atoms with E-state index >= 15 is 0 Å². The number of amides is 1. The molecule has 1 heterocycles. The number of hydrogen-bond acceptors (Lipinski definition) is 2. The number of nitrogens with two attached hydrogens (primary N) is 1. The maximum atomic E-state index is 12.6. The van der Waals surface area contributed by atoms with Gasteiger partial charge in [0.2, 0.25) is 5.91 Å². The minimum atomic E-state index is -0.0164. The smallest absolute Gasteiger partial charge is 0.228 e. The zero-order chi connectivity index (χ0) is 12.7. The molecule has 1 saturated heterocycles. The molecule has 1 saturated carbocycles. The van der Waals surface area contributed by atoms with E-state index in [2.05, 4.69) is 25.7 Å². The average Bonchev–Trinajstić information content (AvgIpc) is 2.21. The fourth-order valence-corrected chi connectivity index (χ4v) is 3.20. The van der Waals surface area contributed by atoms with Crippen LogP contribution >= 0.6 is 0 Å². The lowest BCUT2D eigenvalue weighted by molar-refractivity contribution is -0.151. The first-order chi connectivity index (χ1) is 7.91. The van der Waals surface area contributed by atoms with Crippen LogP contribution in [0.25, 0.3) is 0 Å². The monoisotopic (exact) mass is 238 g/mol. The molecule has 0 spiro atoms. The van der Waals surface area contributed by atoms with Gasteiger partial charge >= 0.3 is 0 Å². The Bertz CT molecular complexity index is 302. The highest BCUT2D eigenvalue weighted by atomic mass is 16.2. The quantitative estimate of drug-likeness (QED) is 0.801. The lowest BCUT2D eigenvalue weighted by atomic mass is 9.65. The van der Waals surface area contributed by atoms with Gasteiger partial charge in [-0.1, -0.05) is 27.2 Å². The normalized spacial score (nSPS) is 30.8. The topological polar surface area (TPSA) is 46.3 Å². The van der Waals surface area contributed by atoms with Crippen LogP contribution in [0, 0.1) is 10.8 Å². The van der Waals surface area contributed by atoms with Gasteiger partial charge in [0, 0.05) is 24.5 Å². The zero-order valence-corrected chi connectivity index (χ0v) is 11.5. The molecule has 0 radical (unpaired) electrons. The summed E-state index contributed by atoms with van der Waals surface area (Å²) in [6.07, 6.45) is 5.33. The van der Waals surface area contributed by atoms with Crippen LogP contribution in [0.1, 0.15) is 52.9 Å². The zero-order valence-electron chi connectivity index (χ0n) is 11.5. The molecule has 0 aromatic heterocycles. The molecule has 2 N–H and O–H groups in total. The van der Waals surface area contributed by atoms with E-state index in [9.17, 15) is 4.79 Å². The lowest BCUT2D eigenvalue weighted by Gasteiger charge is -2.48. The van der Waals surface area contributed by atoms with Gasteiger partial charge in [0.15, 0.2) is 0 Å². The van der Waals surface area contributed by atoms with Gasteiger partial charge in [0.1, 0.15) is 0 Å². The van der Waals surface area contributed by atoms with E-state index in [4.69, 9.17) is 5.73 Å². The molecule has 1 aliphatic carbocycles. The predicted molar refractivity (Wildman–Crippen MR) is 69.5 cm³/mol. The van der Waals surface area contributed by atoms with E-state index < -0.39 is 0 Å². The second-order valence-electron chi connectivity index (χ2n) is 6.60. The molecule has 2 rings (SSSR count). The largest absolute Gasteiger partial charge is 0.342 e.